The first-order chi connectivity index (χ1) is 15.8. The fourth-order valence-electron chi connectivity index (χ4n) is 4.49. The zero-order valence-electron chi connectivity index (χ0n) is 18.8. The molecule has 0 radical (unpaired) electrons. The summed E-state index contributed by atoms with van der Waals surface area (Å²) in [5.41, 5.74) is 1.50. The first-order valence-electron chi connectivity index (χ1n) is 11.1. The van der Waals surface area contributed by atoms with Crippen molar-refractivity contribution in [1.82, 2.24) is 0 Å². The lowest BCUT2D eigenvalue weighted by Gasteiger charge is -2.44. The Labute approximate surface area is 192 Å². The molecule has 170 valence electrons. The molecule has 2 unspecified atom stereocenters. The average molecular weight is 449 g/mol. The van der Waals surface area contributed by atoms with Crippen LogP contribution in [-0.2, 0) is 4.79 Å². The van der Waals surface area contributed by atoms with Gasteiger partial charge in [-0.25, -0.2) is 8.78 Å². The molecule has 33 heavy (non-hydrogen) atoms. The molecule has 1 aliphatic rings. The van der Waals surface area contributed by atoms with Crippen LogP contribution in [0.5, 0.6) is 0 Å². The molecule has 1 heterocycles. The van der Waals surface area contributed by atoms with E-state index in [1.165, 1.54) is 11.0 Å². The number of fused-ring (bicyclic) bond motifs is 1. The van der Waals surface area contributed by atoms with Crippen molar-refractivity contribution in [3.63, 3.8) is 0 Å². The first kappa shape index (κ1) is 22.6. The van der Waals surface area contributed by atoms with E-state index in [4.69, 9.17) is 0 Å². The van der Waals surface area contributed by atoms with Gasteiger partial charge in [0.15, 0.2) is 0 Å². The Hall–Kier alpha value is -3.54. The minimum Gasteiger partial charge on any atom is -0.305 e. The predicted octanol–water partition coefficient (Wildman–Crippen LogP) is 6.13. The summed E-state index contributed by atoms with van der Waals surface area (Å²) < 4.78 is 28.9. The molecule has 2 amide bonds. The topological polar surface area (TPSA) is 40.6 Å². The van der Waals surface area contributed by atoms with Crippen molar-refractivity contribution in [2.75, 3.05) is 9.80 Å². The smallest absolute Gasteiger partial charge is 0.264 e. The monoisotopic (exact) mass is 448 g/mol. The lowest BCUT2D eigenvalue weighted by molar-refractivity contribution is -0.122. The van der Waals surface area contributed by atoms with Crippen molar-refractivity contribution in [1.29, 1.82) is 0 Å². The summed E-state index contributed by atoms with van der Waals surface area (Å²) in [6.07, 6.45) is 0.423. The van der Waals surface area contributed by atoms with E-state index in [2.05, 4.69) is 0 Å². The van der Waals surface area contributed by atoms with Gasteiger partial charge in [0.1, 0.15) is 17.2 Å². The Morgan fingerprint density at radius 1 is 0.909 bits per heavy atom. The van der Waals surface area contributed by atoms with Crippen LogP contribution in [0.3, 0.4) is 0 Å². The third kappa shape index (κ3) is 4.13. The Bertz CT molecular complexity index is 1160. The zero-order chi connectivity index (χ0) is 23.7. The molecule has 0 saturated carbocycles. The van der Waals surface area contributed by atoms with Gasteiger partial charge in [0, 0.05) is 23.3 Å². The molecule has 0 saturated heterocycles. The van der Waals surface area contributed by atoms with E-state index < -0.39 is 29.1 Å². The Morgan fingerprint density at radius 3 is 2.15 bits per heavy atom. The van der Waals surface area contributed by atoms with Gasteiger partial charge in [0.2, 0.25) is 5.91 Å². The highest BCUT2D eigenvalue weighted by molar-refractivity contribution is 6.08. The minimum atomic E-state index is -0.896. The highest BCUT2D eigenvalue weighted by atomic mass is 19.1. The van der Waals surface area contributed by atoms with Crippen molar-refractivity contribution in [2.24, 2.45) is 5.92 Å². The third-order valence-corrected chi connectivity index (χ3v) is 6.03. The second-order valence-corrected chi connectivity index (χ2v) is 8.63. The summed E-state index contributed by atoms with van der Waals surface area (Å²) in [6.45, 7) is 5.54. The quantitative estimate of drug-likeness (QED) is 0.481. The van der Waals surface area contributed by atoms with E-state index in [0.29, 0.717) is 12.1 Å². The van der Waals surface area contributed by atoms with Gasteiger partial charge in [-0.2, -0.15) is 0 Å². The van der Waals surface area contributed by atoms with E-state index in [0.717, 1.165) is 23.4 Å². The summed E-state index contributed by atoms with van der Waals surface area (Å²) in [5.74, 6) is -2.79. The molecule has 0 aromatic heterocycles. The maximum Gasteiger partial charge on any atom is 0.264 e. The SMILES string of the molecule is CC(C)C(=O)N(c1ccccc1)C1CC(C)N(C(=O)c2c(F)cccc2F)c2ccccc21. The number of hydrogen-bond donors (Lipinski definition) is 0. The maximum absolute atomic E-state index is 14.4. The molecule has 6 heteroatoms. The number of nitrogens with zero attached hydrogens (tertiary/aromatic N) is 2. The van der Waals surface area contributed by atoms with Gasteiger partial charge in [-0.1, -0.05) is 56.3 Å². The molecule has 2 atom stereocenters. The minimum absolute atomic E-state index is 0.0341. The Kier molecular flexibility index (Phi) is 6.27. The second-order valence-electron chi connectivity index (χ2n) is 8.63. The van der Waals surface area contributed by atoms with Crippen molar-refractivity contribution < 1.29 is 18.4 Å². The van der Waals surface area contributed by atoms with Crippen molar-refractivity contribution in [3.05, 3.63) is 95.6 Å². The van der Waals surface area contributed by atoms with Crippen molar-refractivity contribution in [3.8, 4) is 0 Å². The Balaban J connectivity index is 1.83. The Morgan fingerprint density at radius 2 is 1.52 bits per heavy atom. The van der Waals surface area contributed by atoms with Crippen LogP contribution in [0.25, 0.3) is 0 Å². The summed E-state index contributed by atoms with van der Waals surface area (Å²) in [5, 5.41) is 0. The largest absolute Gasteiger partial charge is 0.305 e. The van der Waals surface area contributed by atoms with E-state index in [1.807, 2.05) is 63.2 Å². The molecule has 0 spiro atoms. The van der Waals surface area contributed by atoms with Gasteiger partial charge >= 0.3 is 0 Å². The van der Waals surface area contributed by atoms with Crippen molar-refractivity contribution >= 4 is 23.2 Å². The molecule has 0 fully saturated rings. The highest BCUT2D eigenvalue weighted by Gasteiger charge is 2.40. The summed E-state index contributed by atoms with van der Waals surface area (Å²) in [4.78, 5) is 29.9. The standard InChI is InChI=1S/C27H26F2N2O2/c1-17(2)26(32)31(19-10-5-4-6-11-19)24-16-18(3)30(23-15-8-7-12-20(23)24)27(33)25-21(28)13-9-14-22(25)29/h4-15,17-18,24H,16H2,1-3H3. The zero-order valence-corrected chi connectivity index (χ0v) is 18.8. The number of carbonyl (C=O) groups excluding carboxylic acids is 2. The normalized spacial score (nSPS) is 17.6. The molecular formula is C27H26F2N2O2. The van der Waals surface area contributed by atoms with Crippen LogP contribution in [0, 0.1) is 17.6 Å². The molecule has 3 aromatic carbocycles. The van der Waals surface area contributed by atoms with E-state index in [9.17, 15) is 18.4 Å². The maximum atomic E-state index is 14.4. The molecule has 0 aliphatic carbocycles. The van der Waals surface area contributed by atoms with Crippen LogP contribution < -0.4 is 9.80 Å². The fraction of sp³-hybridized carbons (Fsp3) is 0.259. The third-order valence-electron chi connectivity index (χ3n) is 6.03. The number of halogens is 2. The lowest BCUT2D eigenvalue weighted by atomic mass is 9.88. The van der Waals surface area contributed by atoms with Crippen LogP contribution in [0.2, 0.25) is 0 Å². The summed E-state index contributed by atoms with van der Waals surface area (Å²) >= 11 is 0. The lowest BCUT2D eigenvalue weighted by Crippen LogP contribution is -2.48. The van der Waals surface area contributed by atoms with Gasteiger partial charge in [-0.3, -0.25) is 9.59 Å². The van der Waals surface area contributed by atoms with Crippen molar-refractivity contribution in [2.45, 2.75) is 39.3 Å². The molecule has 3 aromatic rings. The van der Waals surface area contributed by atoms with E-state index in [1.54, 1.807) is 17.0 Å². The average Bonchev–Trinajstić information content (AvgIpc) is 2.79. The number of anilines is 2. The summed E-state index contributed by atoms with van der Waals surface area (Å²) in [6, 6.07) is 19.4. The number of para-hydroxylation sites is 2. The fourth-order valence-corrected chi connectivity index (χ4v) is 4.49. The van der Waals surface area contributed by atoms with Gasteiger partial charge in [0.05, 0.1) is 6.04 Å². The van der Waals surface area contributed by atoms with E-state index in [-0.39, 0.29) is 17.9 Å². The molecule has 0 N–H and O–H groups in total. The van der Waals surface area contributed by atoms with Crippen LogP contribution in [-0.4, -0.2) is 17.9 Å². The number of rotatable bonds is 4. The van der Waals surface area contributed by atoms with Crippen LogP contribution >= 0.6 is 0 Å². The van der Waals surface area contributed by atoms with Gasteiger partial charge in [-0.15, -0.1) is 0 Å². The van der Waals surface area contributed by atoms with E-state index >= 15 is 0 Å². The van der Waals surface area contributed by atoms with Crippen LogP contribution in [0.4, 0.5) is 20.2 Å². The predicted molar refractivity (Wildman–Crippen MR) is 125 cm³/mol. The van der Waals surface area contributed by atoms with Gasteiger partial charge in [0.25, 0.3) is 5.91 Å². The molecule has 4 rings (SSSR count). The van der Waals surface area contributed by atoms with Gasteiger partial charge in [-0.05, 0) is 49.2 Å². The first-order valence-corrected chi connectivity index (χ1v) is 11.1. The second kappa shape index (κ2) is 9.14. The molecule has 4 nitrogen and oxygen atoms in total. The number of hydrogen-bond acceptors (Lipinski definition) is 2. The number of carbonyl (C=O) groups is 2. The summed E-state index contributed by atoms with van der Waals surface area (Å²) in [7, 11) is 0. The van der Waals surface area contributed by atoms with Crippen LogP contribution in [0.1, 0.15) is 49.2 Å². The number of benzene rings is 3. The highest BCUT2D eigenvalue weighted by Crippen LogP contribution is 2.43. The molecule has 0 bridgehead atoms. The molecule has 1 aliphatic heterocycles. The van der Waals surface area contributed by atoms with Crippen LogP contribution in [0.15, 0.2) is 72.8 Å². The molecular weight excluding hydrogens is 422 g/mol. The van der Waals surface area contributed by atoms with Gasteiger partial charge < -0.3 is 9.80 Å². The number of amides is 2.